The number of amides is 1. The van der Waals surface area contributed by atoms with E-state index < -0.39 is 0 Å². The van der Waals surface area contributed by atoms with Gasteiger partial charge in [0.2, 0.25) is 5.91 Å². The Morgan fingerprint density at radius 2 is 2.11 bits per heavy atom. The monoisotopic (exact) mass is 286 g/mol. The molecule has 0 aliphatic rings. The van der Waals surface area contributed by atoms with Crippen LogP contribution in [0, 0.1) is 0 Å². The summed E-state index contributed by atoms with van der Waals surface area (Å²) in [5.41, 5.74) is 5.74. The average Bonchev–Trinajstić information content (AvgIpc) is 2.59. The minimum Gasteiger partial charge on any atom is -0.484 e. The number of hydrogen-bond donors (Lipinski definition) is 3. The van der Waals surface area contributed by atoms with Crippen molar-refractivity contribution in [3.63, 3.8) is 0 Å². The van der Waals surface area contributed by atoms with Crippen molar-refractivity contribution in [1.29, 1.82) is 0 Å². The quantitative estimate of drug-likeness (QED) is 0.711. The van der Waals surface area contributed by atoms with Crippen LogP contribution in [0.2, 0.25) is 0 Å². The van der Waals surface area contributed by atoms with E-state index in [4.69, 9.17) is 10.5 Å². The molecule has 0 aliphatic heterocycles. The summed E-state index contributed by atoms with van der Waals surface area (Å²) in [4.78, 5) is 11.5. The summed E-state index contributed by atoms with van der Waals surface area (Å²) in [6.07, 6.45) is 0.431. The first-order chi connectivity index (χ1) is 8.90. The number of anilines is 2. The van der Waals surface area contributed by atoms with Gasteiger partial charge >= 0.3 is 0 Å². The van der Waals surface area contributed by atoms with Gasteiger partial charge in [-0.3, -0.25) is 4.79 Å². The van der Waals surface area contributed by atoms with Gasteiger partial charge in [-0.05, 0) is 39.2 Å². The maximum atomic E-state index is 11.5. The number of hydrogen-bond acceptors (Lipinski definition) is 6. The van der Waals surface area contributed by atoms with Gasteiger partial charge < -0.3 is 21.1 Å². The number of aromatic nitrogens is 1. The first kappa shape index (κ1) is 15.6. The van der Waals surface area contributed by atoms with Crippen LogP contribution in [-0.4, -0.2) is 29.0 Å². The fourth-order valence-electron chi connectivity index (χ4n) is 1.44. The Hall–Kier alpha value is -1.50. The third-order valence-corrected chi connectivity index (χ3v) is 2.92. The maximum Gasteiger partial charge on any atom is 0.221 e. The van der Waals surface area contributed by atoms with E-state index in [0.29, 0.717) is 24.5 Å². The van der Waals surface area contributed by atoms with Gasteiger partial charge in [0, 0.05) is 19.0 Å². The molecule has 1 aromatic rings. The number of rotatable bonds is 7. The lowest BCUT2D eigenvalue weighted by Crippen LogP contribution is -2.31. The molecule has 1 amide bonds. The highest BCUT2D eigenvalue weighted by Gasteiger charge is 2.14. The molecule has 0 aromatic carbocycles. The lowest BCUT2D eigenvalue weighted by atomic mass is 10.3. The molecule has 0 unspecified atom stereocenters. The van der Waals surface area contributed by atoms with Gasteiger partial charge in [0.05, 0.1) is 6.10 Å². The lowest BCUT2D eigenvalue weighted by Gasteiger charge is -2.12. The van der Waals surface area contributed by atoms with Crippen molar-refractivity contribution >= 4 is 28.3 Å². The zero-order chi connectivity index (χ0) is 14.4. The van der Waals surface area contributed by atoms with Gasteiger partial charge in [-0.15, -0.1) is 0 Å². The molecule has 0 saturated heterocycles. The molecule has 4 N–H and O–H groups in total. The van der Waals surface area contributed by atoms with Crippen LogP contribution in [0.3, 0.4) is 0 Å². The normalized spacial score (nSPS) is 10.8. The summed E-state index contributed by atoms with van der Waals surface area (Å²) in [5, 5.41) is 6.73. The lowest BCUT2D eigenvalue weighted by molar-refractivity contribution is -0.121. The second-order valence-electron chi connectivity index (χ2n) is 4.79. The first-order valence-corrected chi connectivity index (χ1v) is 7.12. The van der Waals surface area contributed by atoms with Crippen LogP contribution in [0.5, 0.6) is 5.75 Å². The number of nitrogens with two attached hydrogens (primary N) is 1. The van der Waals surface area contributed by atoms with Crippen LogP contribution < -0.4 is 21.1 Å². The van der Waals surface area contributed by atoms with E-state index >= 15 is 0 Å². The van der Waals surface area contributed by atoms with Gasteiger partial charge in [0.25, 0.3) is 0 Å². The van der Waals surface area contributed by atoms with Gasteiger partial charge in [0.15, 0.2) is 16.6 Å². The summed E-state index contributed by atoms with van der Waals surface area (Å²) in [6.45, 7) is 8.25. The number of nitrogen functional groups attached to an aromatic ring is 1. The predicted molar refractivity (Wildman–Crippen MR) is 78.7 cm³/mol. The molecule has 0 bridgehead atoms. The molecule has 1 aromatic heterocycles. The van der Waals surface area contributed by atoms with E-state index in [2.05, 4.69) is 15.0 Å². The van der Waals surface area contributed by atoms with Gasteiger partial charge in [0.1, 0.15) is 0 Å². The van der Waals surface area contributed by atoms with Crippen molar-refractivity contribution in [2.24, 2.45) is 0 Å². The van der Waals surface area contributed by atoms with Crippen LogP contribution in [0.1, 0.15) is 34.1 Å². The zero-order valence-electron chi connectivity index (χ0n) is 11.8. The molecule has 7 heteroatoms. The number of carbonyl (C=O) groups is 1. The van der Waals surface area contributed by atoms with Crippen molar-refractivity contribution in [2.75, 3.05) is 17.6 Å². The molecule has 1 heterocycles. The van der Waals surface area contributed by atoms with Crippen LogP contribution in [0.25, 0.3) is 0 Å². The Kier molecular flexibility index (Phi) is 5.88. The number of nitrogens with zero attached hydrogens (tertiary/aromatic N) is 1. The summed E-state index contributed by atoms with van der Waals surface area (Å²) in [6, 6.07) is 0.159. The molecule has 0 spiro atoms. The average molecular weight is 286 g/mol. The van der Waals surface area contributed by atoms with E-state index in [-0.39, 0.29) is 18.1 Å². The second kappa shape index (κ2) is 7.18. The molecule has 19 heavy (non-hydrogen) atoms. The van der Waals surface area contributed by atoms with E-state index in [1.807, 2.05) is 27.7 Å². The Morgan fingerprint density at radius 1 is 1.42 bits per heavy atom. The highest BCUT2D eigenvalue weighted by molar-refractivity contribution is 7.11. The molecule has 0 fully saturated rings. The smallest absolute Gasteiger partial charge is 0.221 e. The third kappa shape index (κ3) is 5.34. The van der Waals surface area contributed by atoms with Gasteiger partial charge in [-0.25, -0.2) is 0 Å². The molecule has 0 radical (unpaired) electrons. The maximum absolute atomic E-state index is 11.5. The molecule has 6 nitrogen and oxygen atoms in total. The Bertz CT molecular complexity index is 418. The van der Waals surface area contributed by atoms with Gasteiger partial charge in [-0.2, -0.15) is 4.37 Å². The summed E-state index contributed by atoms with van der Waals surface area (Å²) < 4.78 is 9.65. The molecule has 108 valence electrons. The largest absolute Gasteiger partial charge is 0.484 e. The molecule has 0 saturated carbocycles. The molecular weight excluding hydrogens is 264 g/mol. The Balaban J connectivity index is 2.47. The van der Waals surface area contributed by atoms with E-state index in [9.17, 15) is 4.79 Å². The van der Waals surface area contributed by atoms with Crippen LogP contribution in [0.4, 0.5) is 10.8 Å². The van der Waals surface area contributed by atoms with E-state index in [1.54, 1.807) is 0 Å². The van der Waals surface area contributed by atoms with Gasteiger partial charge in [-0.1, -0.05) is 0 Å². The van der Waals surface area contributed by atoms with Crippen molar-refractivity contribution in [3.8, 4) is 5.75 Å². The Morgan fingerprint density at radius 3 is 2.68 bits per heavy atom. The molecule has 1 rings (SSSR count). The van der Waals surface area contributed by atoms with Crippen LogP contribution in [0.15, 0.2) is 0 Å². The van der Waals surface area contributed by atoms with E-state index in [1.165, 1.54) is 11.5 Å². The highest BCUT2D eigenvalue weighted by Crippen LogP contribution is 2.35. The zero-order valence-corrected chi connectivity index (χ0v) is 12.6. The third-order valence-electron chi connectivity index (χ3n) is 2.11. The van der Waals surface area contributed by atoms with E-state index in [0.717, 1.165) is 5.00 Å². The SMILES string of the molecule is CC(C)NC(=O)CCNc1snc(N)c1OC(C)C. The molecule has 0 aliphatic carbocycles. The summed E-state index contributed by atoms with van der Waals surface area (Å²) in [5.74, 6) is 0.975. The minimum atomic E-state index is 0.0197. The van der Waals surface area contributed by atoms with Crippen molar-refractivity contribution in [2.45, 2.75) is 46.3 Å². The number of nitrogens with one attached hydrogen (secondary N) is 2. The molecule has 0 atom stereocenters. The summed E-state index contributed by atoms with van der Waals surface area (Å²) in [7, 11) is 0. The predicted octanol–water partition coefficient (Wildman–Crippen LogP) is 1.84. The number of carbonyl (C=O) groups excluding carboxylic acids is 1. The summed E-state index contributed by atoms with van der Waals surface area (Å²) >= 11 is 1.24. The fraction of sp³-hybridized carbons (Fsp3) is 0.667. The topological polar surface area (TPSA) is 89.3 Å². The first-order valence-electron chi connectivity index (χ1n) is 6.35. The van der Waals surface area contributed by atoms with Crippen LogP contribution in [-0.2, 0) is 4.79 Å². The second-order valence-corrected chi connectivity index (χ2v) is 5.57. The highest BCUT2D eigenvalue weighted by atomic mass is 32.1. The standard InChI is InChI=1S/C12H22N4O2S/c1-7(2)15-9(17)5-6-14-12-10(18-8(3)4)11(13)16-19-12/h7-8,14H,5-6H2,1-4H3,(H2,13,16)(H,15,17). The van der Waals surface area contributed by atoms with Crippen molar-refractivity contribution in [1.82, 2.24) is 9.69 Å². The van der Waals surface area contributed by atoms with Crippen LogP contribution >= 0.6 is 11.5 Å². The minimum absolute atomic E-state index is 0.0197. The Labute approximate surface area is 117 Å². The van der Waals surface area contributed by atoms with Crippen molar-refractivity contribution < 1.29 is 9.53 Å². The van der Waals surface area contributed by atoms with Crippen molar-refractivity contribution in [3.05, 3.63) is 0 Å². The number of ether oxygens (including phenoxy) is 1. The fourth-order valence-corrected chi connectivity index (χ4v) is 2.11. The molecular formula is C12H22N4O2S.